The third-order valence-corrected chi connectivity index (χ3v) is 3.04. The van der Waals surface area contributed by atoms with Crippen LogP contribution in [0.15, 0.2) is 6.20 Å². The van der Waals surface area contributed by atoms with E-state index in [1.54, 1.807) is 0 Å². The average molecular weight is 194 g/mol. The number of hydrogen-bond donors (Lipinski definition) is 1. The Morgan fingerprint density at radius 2 is 2.43 bits per heavy atom. The fourth-order valence-corrected chi connectivity index (χ4v) is 2.19. The molecule has 0 saturated heterocycles. The summed E-state index contributed by atoms with van der Waals surface area (Å²) in [6.45, 7) is 4.61. The summed E-state index contributed by atoms with van der Waals surface area (Å²) in [7, 11) is 0. The molecule has 3 heteroatoms. The van der Waals surface area contributed by atoms with E-state index in [1.807, 2.05) is 6.20 Å². The Morgan fingerprint density at radius 3 is 3.07 bits per heavy atom. The highest BCUT2D eigenvalue weighted by molar-refractivity contribution is 5.22. The van der Waals surface area contributed by atoms with Crippen LogP contribution in [0.25, 0.3) is 0 Å². The van der Waals surface area contributed by atoms with Gasteiger partial charge in [-0.15, -0.1) is 0 Å². The summed E-state index contributed by atoms with van der Waals surface area (Å²) in [4.78, 5) is 0. The molecule has 0 unspecified atom stereocenters. The van der Waals surface area contributed by atoms with E-state index in [-0.39, 0.29) is 0 Å². The molecule has 1 N–H and O–H groups in total. The van der Waals surface area contributed by atoms with Gasteiger partial charge in [0.15, 0.2) is 0 Å². The normalized spacial score (nSPS) is 21.3. The van der Waals surface area contributed by atoms with Crippen molar-refractivity contribution >= 4 is 0 Å². The van der Waals surface area contributed by atoms with Gasteiger partial charge in [-0.3, -0.25) is 4.68 Å². The van der Waals surface area contributed by atoms with Gasteiger partial charge in [0.1, 0.15) is 0 Å². The summed E-state index contributed by atoms with van der Waals surface area (Å²) in [5.41, 5.74) is 2.72. The van der Waals surface area contributed by atoms with E-state index in [9.17, 15) is 0 Å². The van der Waals surface area contributed by atoms with Crippen molar-refractivity contribution in [1.29, 1.82) is 0 Å². The monoisotopic (exact) mass is 194 g/mol. The molecule has 1 aromatic heterocycles. The molecule has 0 aromatic carbocycles. The van der Waals surface area contributed by atoms with Gasteiger partial charge in [0.05, 0.1) is 6.20 Å². The zero-order chi connectivity index (χ0) is 10.1. The van der Waals surface area contributed by atoms with Crippen LogP contribution in [0.5, 0.6) is 0 Å². The number of rotatable bonds is 2. The lowest BCUT2D eigenvalue weighted by Crippen LogP contribution is -2.20. The molecule has 0 amide bonds. The topological polar surface area (TPSA) is 38.0 Å². The number of aliphatic hydroxyl groups is 1. The maximum absolute atomic E-state index is 9.15. The van der Waals surface area contributed by atoms with Crippen molar-refractivity contribution in [3.8, 4) is 0 Å². The maximum atomic E-state index is 9.15. The molecule has 78 valence electrons. The van der Waals surface area contributed by atoms with Crippen LogP contribution in [0.2, 0.25) is 0 Å². The smallest absolute Gasteiger partial charge is 0.0524 e. The van der Waals surface area contributed by atoms with Crippen molar-refractivity contribution in [2.24, 2.45) is 5.92 Å². The second-order valence-electron chi connectivity index (χ2n) is 4.45. The Bertz CT molecular complexity index is 317. The maximum Gasteiger partial charge on any atom is 0.0524 e. The standard InChI is InChI=1S/C11H18N2O/c1-8(2)13-11-5-9(7-14)3-4-10(11)6-12-13/h6,8-9,14H,3-5,7H2,1-2H3/t9-/m1/s1. The minimum absolute atomic E-state index is 0.308. The molecule has 0 aliphatic heterocycles. The fourth-order valence-electron chi connectivity index (χ4n) is 2.19. The molecule has 0 saturated carbocycles. The predicted octanol–water partition coefficient (Wildman–Crippen LogP) is 1.56. The van der Waals surface area contributed by atoms with Crippen molar-refractivity contribution in [2.75, 3.05) is 6.61 Å². The third kappa shape index (κ3) is 1.57. The summed E-state index contributed by atoms with van der Waals surface area (Å²) in [6, 6.07) is 0.427. The van der Waals surface area contributed by atoms with Crippen molar-refractivity contribution in [3.05, 3.63) is 17.5 Å². The third-order valence-electron chi connectivity index (χ3n) is 3.04. The van der Waals surface area contributed by atoms with Crippen LogP contribution < -0.4 is 0 Å². The lowest BCUT2D eigenvalue weighted by Gasteiger charge is -2.22. The van der Waals surface area contributed by atoms with Crippen LogP contribution in [0, 0.1) is 5.92 Å². The van der Waals surface area contributed by atoms with E-state index in [1.165, 1.54) is 11.3 Å². The second kappa shape index (κ2) is 3.73. The van der Waals surface area contributed by atoms with E-state index in [0.29, 0.717) is 18.6 Å². The summed E-state index contributed by atoms with van der Waals surface area (Å²) in [5, 5.41) is 13.6. The van der Waals surface area contributed by atoms with Gasteiger partial charge >= 0.3 is 0 Å². The molecule has 0 spiro atoms. The SMILES string of the molecule is CC(C)n1ncc2c1C[C@H](CO)CC2. The lowest BCUT2D eigenvalue weighted by atomic mass is 9.88. The Hall–Kier alpha value is -0.830. The van der Waals surface area contributed by atoms with Gasteiger partial charge in [-0.2, -0.15) is 5.10 Å². The van der Waals surface area contributed by atoms with E-state index in [2.05, 4.69) is 23.6 Å². The lowest BCUT2D eigenvalue weighted by molar-refractivity contribution is 0.210. The van der Waals surface area contributed by atoms with Crippen LogP contribution in [-0.4, -0.2) is 21.5 Å². The van der Waals surface area contributed by atoms with Gasteiger partial charge in [0.25, 0.3) is 0 Å². The molecule has 1 heterocycles. The van der Waals surface area contributed by atoms with Crippen LogP contribution in [0.4, 0.5) is 0 Å². The van der Waals surface area contributed by atoms with E-state index in [0.717, 1.165) is 19.3 Å². The quantitative estimate of drug-likeness (QED) is 0.776. The molecule has 1 aliphatic rings. The van der Waals surface area contributed by atoms with Gasteiger partial charge < -0.3 is 5.11 Å². The largest absolute Gasteiger partial charge is 0.396 e. The van der Waals surface area contributed by atoms with E-state index < -0.39 is 0 Å². The molecule has 3 nitrogen and oxygen atoms in total. The van der Waals surface area contributed by atoms with Gasteiger partial charge in [0, 0.05) is 18.3 Å². The second-order valence-corrected chi connectivity index (χ2v) is 4.45. The van der Waals surface area contributed by atoms with Gasteiger partial charge in [-0.05, 0) is 44.6 Å². The van der Waals surface area contributed by atoms with Crippen molar-refractivity contribution in [3.63, 3.8) is 0 Å². The molecule has 0 radical (unpaired) electrons. The highest BCUT2D eigenvalue weighted by atomic mass is 16.3. The number of aryl methyl sites for hydroxylation is 1. The highest BCUT2D eigenvalue weighted by Crippen LogP contribution is 2.26. The molecular weight excluding hydrogens is 176 g/mol. The highest BCUT2D eigenvalue weighted by Gasteiger charge is 2.22. The Labute approximate surface area is 84.7 Å². The van der Waals surface area contributed by atoms with E-state index >= 15 is 0 Å². The Balaban J connectivity index is 2.28. The molecule has 1 aromatic rings. The van der Waals surface area contributed by atoms with Crippen LogP contribution >= 0.6 is 0 Å². The number of hydrogen-bond acceptors (Lipinski definition) is 2. The number of nitrogens with zero attached hydrogens (tertiary/aromatic N) is 2. The number of aromatic nitrogens is 2. The zero-order valence-electron chi connectivity index (χ0n) is 8.90. The Kier molecular flexibility index (Phi) is 2.59. The molecule has 1 aliphatic carbocycles. The molecular formula is C11H18N2O. The van der Waals surface area contributed by atoms with Crippen LogP contribution in [-0.2, 0) is 12.8 Å². The first-order valence-electron chi connectivity index (χ1n) is 5.38. The molecule has 2 rings (SSSR count). The average Bonchev–Trinajstić information content (AvgIpc) is 2.59. The minimum Gasteiger partial charge on any atom is -0.396 e. The molecule has 0 fully saturated rings. The summed E-state index contributed by atoms with van der Waals surface area (Å²) < 4.78 is 2.09. The van der Waals surface area contributed by atoms with Crippen molar-refractivity contribution in [2.45, 2.75) is 39.2 Å². The van der Waals surface area contributed by atoms with Gasteiger partial charge in [-0.1, -0.05) is 0 Å². The van der Waals surface area contributed by atoms with Gasteiger partial charge in [0.2, 0.25) is 0 Å². The van der Waals surface area contributed by atoms with Crippen molar-refractivity contribution in [1.82, 2.24) is 9.78 Å². The first-order chi connectivity index (χ1) is 6.72. The number of fused-ring (bicyclic) bond motifs is 1. The summed E-state index contributed by atoms with van der Waals surface area (Å²) in [6.07, 6.45) is 5.16. The van der Waals surface area contributed by atoms with E-state index in [4.69, 9.17) is 5.11 Å². The zero-order valence-corrected chi connectivity index (χ0v) is 8.90. The van der Waals surface area contributed by atoms with Gasteiger partial charge in [-0.25, -0.2) is 0 Å². The Morgan fingerprint density at radius 1 is 1.64 bits per heavy atom. The molecule has 14 heavy (non-hydrogen) atoms. The first-order valence-corrected chi connectivity index (χ1v) is 5.38. The first kappa shape index (κ1) is 9.71. The molecule has 0 bridgehead atoms. The fraction of sp³-hybridized carbons (Fsp3) is 0.727. The number of aliphatic hydroxyl groups excluding tert-OH is 1. The minimum atomic E-state index is 0.308. The summed E-state index contributed by atoms with van der Waals surface area (Å²) in [5.74, 6) is 0.441. The van der Waals surface area contributed by atoms with Crippen LogP contribution in [0.1, 0.15) is 37.6 Å². The molecule has 1 atom stereocenters. The van der Waals surface area contributed by atoms with Crippen molar-refractivity contribution < 1.29 is 5.11 Å². The summed E-state index contributed by atoms with van der Waals surface area (Å²) >= 11 is 0. The van der Waals surface area contributed by atoms with Crippen LogP contribution in [0.3, 0.4) is 0 Å². The predicted molar refractivity (Wildman–Crippen MR) is 55.2 cm³/mol.